The van der Waals surface area contributed by atoms with E-state index < -0.39 is 5.97 Å². The third-order valence-electron chi connectivity index (χ3n) is 3.09. The third-order valence-corrected chi connectivity index (χ3v) is 3.09. The fourth-order valence-electron chi connectivity index (χ4n) is 2.14. The van der Waals surface area contributed by atoms with Crippen molar-refractivity contribution in [3.05, 3.63) is 18.7 Å². The van der Waals surface area contributed by atoms with Crippen LogP contribution in [-0.2, 0) is 11.3 Å². The van der Waals surface area contributed by atoms with Crippen LogP contribution in [0.25, 0.3) is 0 Å². The van der Waals surface area contributed by atoms with Crippen molar-refractivity contribution >= 4 is 5.97 Å². The summed E-state index contributed by atoms with van der Waals surface area (Å²) in [5, 5.41) is 8.97. The zero-order valence-corrected chi connectivity index (χ0v) is 9.25. The summed E-state index contributed by atoms with van der Waals surface area (Å²) >= 11 is 0. The second-order valence-corrected chi connectivity index (χ2v) is 4.28. The molecule has 1 unspecified atom stereocenters. The Labute approximate surface area is 94.7 Å². The van der Waals surface area contributed by atoms with Crippen molar-refractivity contribution in [1.82, 2.24) is 14.5 Å². The van der Waals surface area contributed by atoms with Gasteiger partial charge in [0, 0.05) is 32.0 Å². The first-order chi connectivity index (χ1) is 7.75. The van der Waals surface area contributed by atoms with Crippen LogP contribution >= 0.6 is 0 Å². The summed E-state index contributed by atoms with van der Waals surface area (Å²) in [7, 11) is 0. The maximum absolute atomic E-state index is 10.9. The van der Waals surface area contributed by atoms with Crippen LogP contribution < -0.4 is 0 Å². The number of imidazole rings is 1. The molecule has 5 heteroatoms. The lowest BCUT2D eigenvalue weighted by Gasteiger charge is -2.30. The molecule has 88 valence electrons. The Balaban J connectivity index is 1.79. The summed E-state index contributed by atoms with van der Waals surface area (Å²) in [4.78, 5) is 17.1. The lowest BCUT2D eigenvalue weighted by atomic mass is 9.98. The lowest BCUT2D eigenvalue weighted by molar-refractivity contribution is -0.143. The van der Waals surface area contributed by atoms with Gasteiger partial charge < -0.3 is 14.6 Å². The van der Waals surface area contributed by atoms with Crippen LogP contribution in [0.2, 0.25) is 0 Å². The summed E-state index contributed by atoms with van der Waals surface area (Å²) < 4.78 is 2.02. The Kier molecular flexibility index (Phi) is 3.56. The van der Waals surface area contributed by atoms with Gasteiger partial charge in [0.05, 0.1) is 12.2 Å². The maximum Gasteiger partial charge on any atom is 0.307 e. The van der Waals surface area contributed by atoms with Gasteiger partial charge in [0.25, 0.3) is 0 Å². The number of rotatable bonds is 4. The highest BCUT2D eigenvalue weighted by Crippen LogP contribution is 2.16. The van der Waals surface area contributed by atoms with Gasteiger partial charge in [0.2, 0.25) is 0 Å². The molecule has 0 radical (unpaired) electrons. The van der Waals surface area contributed by atoms with Crippen molar-refractivity contribution < 1.29 is 9.90 Å². The molecule has 1 aliphatic rings. The number of hydrogen-bond acceptors (Lipinski definition) is 3. The summed E-state index contributed by atoms with van der Waals surface area (Å²) in [6, 6.07) is 0. The van der Waals surface area contributed by atoms with Crippen LogP contribution in [0.5, 0.6) is 0 Å². The van der Waals surface area contributed by atoms with Crippen molar-refractivity contribution in [2.45, 2.75) is 19.4 Å². The topological polar surface area (TPSA) is 58.4 Å². The number of carboxylic acids is 1. The van der Waals surface area contributed by atoms with E-state index in [1.165, 1.54) is 0 Å². The number of hydrogen-bond donors (Lipinski definition) is 1. The number of likely N-dealkylation sites (tertiary alicyclic amines) is 1. The molecule has 1 atom stereocenters. The van der Waals surface area contributed by atoms with Gasteiger partial charge >= 0.3 is 5.97 Å². The summed E-state index contributed by atoms with van der Waals surface area (Å²) in [5.74, 6) is -0.844. The van der Waals surface area contributed by atoms with Crippen molar-refractivity contribution in [2.24, 2.45) is 5.92 Å². The smallest absolute Gasteiger partial charge is 0.307 e. The molecular formula is C11H17N3O2. The molecule has 1 fully saturated rings. The monoisotopic (exact) mass is 223 g/mol. The van der Waals surface area contributed by atoms with E-state index in [-0.39, 0.29) is 5.92 Å². The van der Waals surface area contributed by atoms with Gasteiger partial charge in [0.1, 0.15) is 0 Å². The SMILES string of the molecule is O=C(O)C1CCCN(CCn2ccnc2)C1. The van der Waals surface area contributed by atoms with E-state index in [4.69, 9.17) is 5.11 Å². The number of aromatic nitrogens is 2. The second kappa shape index (κ2) is 5.12. The van der Waals surface area contributed by atoms with Gasteiger partial charge in [-0.2, -0.15) is 0 Å². The Bertz CT molecular complexity index is 337. The van der Waals surface area contributed by atoms with Crippen LogP contribution in [0.15, 0.2) is 18.7 Å². The lowest BCUT2D eigenvalue weighted by Crippen LogP contribution is -2.40. The molecular weight excluding hydrogens is 206 g/mol. The van der Waals surface area contributed by atoms with Gasteiger partial charge in [-0.05, 0) is 19.4 Å². The molecule has 1 saturated heterocycles. The van der Waals surface area contributed by atoms with Crippen molar-refractivity contribution in [3.63, 3.8) is 0 Å². The predicted octanol–water partition coefficient (Wildman–Crippen LogP) is 0.680. The Hall–Kier alpha value is -1.36. The van der Waals surface area contributed by atoms with E-state index in [1.807, 2.05) is 10.8 Å². The quantitative estimate of drug-likeness (QED) is 0.815. The van der Waals surface area contributed by atoms with E-state index in [9.17, 15) is 4.79 Å². The van der Waals surface area contributed by atoms with Gasteiger partial charge in [-0.15, -0.1) is 0 Å². The average Bonchev–Trinajstić information content (AvgIpc) is 2.79. The first-order valence-corrected chi connectivity index (χ1v) is 5.66. The number of nitrogens with zero attached hydrogens (tertiary/aromatic N) is 3. The van der Waals surface area contributed by atoms with Crippen LogP contribution in [0.3, 0.4) is 0 Å². The minimum absolute atomic E-state index is 0.184. The second-order valence-electron chi connectivity index (χ2n) is 4.28. The highest BCUT2D eigenvalue weighted by molar-refractivity contribution is 5.70. The highest BCUT2D eigenvalue weighted by atomic mass is 16.4. The van der Waals surface area contributed by atoms with Crippen LogP contribution in [0, 0.1) is 5.92 Å². The molecule has 0 amide bonds. The Morgan fingerprint density at radius 3 is 3.06 bits per heavy atom. The van der Waals surface area contributed by atoms with E-state index in [0.717, 1.165) is 32.5 Å². The molecule has 0 aromatic carbocycles. The average molecular weight is 223 g/mol. The molecule has 0 spiro atoms. The van der Waals surface area contributed by atoms with Gasteiger partial charge in [-0.1, -0.05) is 0 Å². The first kappa shape index (κ1) is 11.1. The normalized spacial score (nSPS) is 22.1. The van der Waals surface area contributed by atoms with Gasteiger partial charge in [0.15, 0.2) is 0 Å². The summed E-state index contributed by atoms with van der Waals surface area (Å²) in [5.41, 5.74) is 0. The zero-order chi connectivity index (χ0) is 11.4. The largest absolute Gasteiger partial charge is 0.481 e. The molecule has 0 aliphatic carbocycles. The van der Waals surface area contributed by atoms with E-state index in [0.29, 0.717) is 6.54 Å². The molecule has 1 N–H and O–H groups in total. The fraction of sp³-hybridized carbons (Fsp3) is 0.636. The van der Waals surface area contributed by atoms with Crippen LogP contribution in [-0.4, -0.2) is 45.2 Å². The summed E-state index contributed by atoms with van der Waals surface area (Å²) in [6.07, 6.45) is 7.28. The van der Waals surface area contributed by atoms with E-state index in [1.54, 1.807) is 12.5 Å². The van der Waals surface area contributed by atoms with E-state index in [2.05, 4.69) is 9.88 Å². The van der Waals surface area contributed by atoms with Gasteiger partial charge in [-0.25, -0.2) is 4.98 Å². The summed E-state index contributed by atoms with van der Waals surface area (Å²) in [6.45, 7) is 3.48. The van der Waals surface area contributed by atoms with Gasteiger partial charge in [-0.3, -0.25) is 4.79 Å². The van der Waals surface area contributed by atoms with Crippen LogP contribution in [0.4, 0.5) is 0 Å². The molecule has 0 saturated carbocycles. The number of aliphatic carboxylic acids is 1. The minimum Gasteiger partial charge on any atom is -0.481 e. The molecule has 5 nitrogen and oxygen atoms in total. The third kappa shape index (κ3) is 2.82. The number of carbonyl (C=O) groups is 1. The number of piperidine rings is 1. The maximum atomic E-state index is 10.9. The van der Waals surface area contributed by atoms with Crippen LogP contribution in [0.1, 0.15) is 12.8 Å². The standard InChI is InChI=1S/C11H17N3O2/c15-11(16)10-2-1-4-13(8-10)6-7-14-5-3-12-9-14/h3,5,9-10H,1-2,4,6-8H2,(H,15,16). The zero-order valence-electron chi connectivity index (χ0n) is 9.25. The fourth-order valence-corrected chi connectivity index (χ4v) is 2.14. The van der Waals surface area contributed by atoms with Crippen molar-refractivity contribution in [2.75, 3.05) is 19.6 Å². The minimum atomic E-state index is -0.660. The molecule has 0 bridgehead atoms. The molecule has 2 rings (SSSR count). The first-order valence-electron chi connectivity index (χ1n) is 5.66. The highest BCUT2D eigenvalue weighted by Gasteiger charge is 2.24. The molecule has 16 heavy (non-hydrogen) atoms. The molecule has 1 aromatic rings. The molecule has 1 aliphatic heterocycles. The Morgan fingerprint density at radius 1 is 1.50 bits per heavy atom. The van der Waals surface area contributed by atoms with Crippen molar-refractivity contribution in [3.8, 4) is 0 Å². The van der Waals surface area contributed by atoms with Crippen molar-refractivity contribution in [1.29, 1.82) is 0 Å². The van der Waals surface area contributed by atoms with E-state index >= 15 is 0 Å². The predicted molar refractivity (Wildman–Crippen MR) is 59.0 cm³/mol. The molecule has 2 heterocycles. The Morgan fingerprint density at radius 2 is 2.38 bits per heavy atom. The molecule has 1 aromatic heterocycles. The number of carboxylic acid groups (broad SMARTS) is 1.